The normalized spacial score (nSPS) is 19.4. The van der Waals surface area contributed by atoms with E-state index in [1.165, 1.54) is 6.20 Å². The lowest BCUT2D eigenvalue weighted by atomic mass is 10.1. The number of aromatic amines is 1. The number of nitrogens with one attached hydrogen (secondary N) is 2. The molecule has 0 radical (unpaired) electrons. The third-order valence-corrected chi connectivity index (χ3v) is 4.18. The van der Waals surface area contributed by atoms with Gasteiger partial charge in [-0.3, -0.25) is 9.59 Å². The Kier molecular flexibility index (Phi) is 4.36. The van der Waals surface area contributed by atoms with Crippen LogP contribution in [0.3, 0.4) is 0 Å². The maximum atomic E-state index is 13.4. The van der Waals surface area contributed by atoms with Crippen LogP contribution in [0.1, 0.15) is 22.3 Å². The molecule has 2 atom stereocenters. The van der Waals surface area contributed by atoms with Crippen LogP contribution >= 0.6 is 0 Å². The summed E-state index contributed by atoms with van der Waals surface area (Å²) in [7, 11) is 0. The SMILES string of the molecule is N#Cc1ccc2[nH]cc(C(=O)NCC(=O)N3CC(F)C[C@H]3C#N)c2c1. The minimum atomic E-state index is -1.22. The van der Waals surface area contributed by atoms with E-state index in [4.69, 9.17) is 10.5 Å². The van der Waals surface area contributed by atoms with Crippen molar-refractivity contribution in [1.29, 1.82) is 10.5 Å². The molecule has 2 N–H and O–H groups in total. The predicted molar refractivity (Wildman–Crippen MR) is 86.0 cm³/mol. The fourth-order valence-electron chi connectivity index (χ4n) is 2.91. The second-order valence-electron chi connectivity index (χ2n) is 5.78. The van der Waals surface area contributed by atoms with E-state index in [-0.39, 0.29) is 19.5 Å². The average molecular weight is 339 g/mol. The van der Waals surface area contributed by atoms with Crippen molar-refractivity contribution in [3.05, 3.63) is 35.5 Å². The lowest BCUT2D eigenvalue weighted by molar-refractivity contribution is -0.130. The van der Waals surface area contributed by atoms with Gasteiger partial charge in [0.25, 0.3) is 5.91 Å². The van der Waals surface area contributed by atoms with Crippen LogP contribution in [-0.2, 0) is 4.79 Å². The number of halogens is 1. The first kappa shape index (κ1) is 16.5. The molecule has 1 unspecified atom stereocenters. The van der Waals surface area contributed by atoms with Gasteiger partial charge >= 0.3 is 0 Å². The fraction of sp³-hybridized carbons (Fsp3) is 0.294. The first-order valence-corrected chi connectivity index (χ1v) is 7.66. The summed E-state index contributed by atoms with van der Waals surface area (Å²) >= 11 is 0. The van der Waals surface area contributed by atoms with Crippen molar-refractivity contribution in [2.45, 2.75) is 18.6 Å². The van der Waals surface area contributed by atoms with E-state index in [1.807, 2.05) is 12.1 Å². The Balaban J connectivity index is 1.70. The van der Waals surface area contributed by atoms with E-state index in [0.29, 0.717) is 22.0 Å². The maximum absolute atomic E-state index is 13.4. The smallest absolute Gasteiger partial charge is 0.253 e. The summed E-state index contributed by atoms with van der Waals surface area (Å²) in [4.78, 5) is 28.5. The van der Waals surface area contributed by atoms with Gasteiger partial charge in [-0.15, -0.1) is 0 Å². The first-order valence-electron chi connectivity index (χ1n) is 7.66. The number of fused-ring (bicyclic) bond motifs is 1. The molecule has 1 aliphatic rings. The number of nitriles is 2. The molecule has 7 nitrogen and oxygen atoms in total. The van der Waals surface area contributed by atoms with Gasteiger partial charge in [0.1, 0.15) is 12.2 Å². The van der Waals surface area contributed by atoms with E-state index in [0.717, 1.165) is 4.90 Å². The number of hydrogen-bond donors (Lipinski definition) is 2. The number of benzene rings is 1. The van der Waals surface area contributed by atoms with E-state index in [2.05, 4.69) is 10.3 Å². The number of H-pyrrole nitrogens is 1. The molecule has 25 heavy (non-hydrogen) atoms. The number of nitrogens with zero attached hydrogens (tertiary/aromatic N) is 3. The molecular formula is C17H14FN5O2. The second kappa shape index (κ2) is 6.62. The number of rotatable bonds is 3. The van der Waals surface area contributed by atoms with Crippen LogP contribution in [0.4, 0.5) is 4.39 Å². The number of amides is 2. The first-order chi connectivity index (χ1) is 12.0. The average Bonchev–Trinajstić information content (AvgIpc) is 3.21. The summed E-state index contributed by atoms with van der Waals surface area (Å²) in [5.41, 5.74) is 1.42. The highest BCUT2D eigenvalue weighted by molar-refractivity contribution is 6.07. The zero-order valence-corrected chi connectivity index (χ0v) is 13.1. The van der Waals surface area contributed by atoms with Gasteiger partial charge in [0.2, 0.25) is 5.91 Å². The number of hydrogen-bond acceptors (Lipinski definition) is 4. The van der Waals surface area contributed by atoms with Gasteiger partial charge in [0.15, 0.2) is 0 Å². The van der Waals surface area contributed by atoms with E-state index >= 15 is 0 Å². The molecule has 8 heteroatoms. The number of carbonyl (C=O) groups excluding carboxylic acids is 2. The van der Waals surface area contributed by atoms with Crippen LogP contribution in [0.2, 0.25) is 0 Å². The van der Waals surface area contributed by atoms with Crippen molar-refractivity contribution >= 4 is 22.7 Å². The van der Waals surface area contributed by atoms with Crippen molar-refractivity contribution in [1.82, 2.24) is 15.2 Å². The molecule has 3 rings (SSSR count). The largest absolute Gasteiger partial charge is 0.360 e. The van der Waals surface area contributed by atoms with Gasteiger partial charge in [-0.1, -0.05) is 0 Å². The molecule has 1 aliphatic heterocycles. The lowest BCUT2D eigenvalue weighted by Crippen LogP contribution is -2.42. The summed E-state index contributed by atoms with van der Waals surface area (Å²) in [6, 6.07) is 8.01. The number of likely N-dealkylation sites (tertiary alicyclic amines) is 1. The predicted octanol–water partition coefficient (Wildman–Crippen LogP) is 1.23. The Bertz CT molecular complexity index is 923. The molecule has 126 valence electrons. The van der Waals surface area contributed by atoms with Crippen LogP contribution < -0.4 is 5.32 Å². The van der Waals surface area contributed by atoms with E-state index < -0.39 is 24.0 Å². The van der Waals surface area contributed by atoms with Crippen LogP contribution in [-0.4, -0.2) is 47.0 Å². The molecule has 1 saturated heterocycles. The van der Waals surface area contributed by atoms with Crippen molar-refractivity contribution in [2.24, 2.45) is 0 Å². The van der Waals surface area contributed by atoms with Gasteiger partial charge in [0.05, 0.1) is 36.4 Å². The highest BCUT2D eigenvalue weighted by Crippen LogP contribution is 2.21. The maximum Gasteiger partial charge on any atom is 0.253 e. The second-order valence-corrected chi connectivity index (χ2v) is 5.78. The molecular weight excluding hydrogens is 325 g/mol. The third kappa shape index (κ3) is 3.15. The number of alkyl halides is 1. The number of carbonyl (C=O) groups is 2. The molecule has 1 aromatic heterocycles. The van der Waals surface area contributed by atoms with Crippen molar-refractivity contribution < 1.29 is 14.0 Å². The summed E-state index contributed by atoms with van der Waals surface area (Å²) in [5, 5.41) is 21.0. The molecule has 2 aromatic rings. The minimum absolute atomic E-state index is 0.00439. The summed E-state index contributed by atoms with van der Waals surface area (Å²) in [5.74, 6) is -0.989. The molecule has 1 aromatic carbocycles. The molecule has 0 spiro atoms. The zero-order chi connectivity index (χ0) is 18.0. The van der Waals surface area contributed by atoms with Gasteiger partial charge in [-0.05, 0) is 18.2 Å². The molecule has 1 fully saturated rings. The van der Waals surface area contributed by atoms with Crippen LogP contribution in [0.25, 0.3) is 10.9 Å². The minimum Gasteiger partial charge on any atom is -0.360 e. The standard InChI is InChI=1S/C17H14FN5O2/c18-11-4-12(6-20)23(9-11)16(24)8-22-17(25)14-7-21-15-2-1-10(5-19)3-13(14)15/h1-3,7,11-12,21H,4,8-9H2,(H,22,25)/t11?,12-/m0/s1. The summed E-state index contributed by atoms with van der Waals surface area (Å²) in [6.07, 6.45) is 0.273. The molecule has 0 aliphatic carbocycles. The Morgan fingerprint density at radius 1 is 1.40 bits per heavy atom. The quantitative estimate of drug-likeness (QED) is 0.875. The number of aromatic nitrogens is 1. The van der Waals surface area contributed by atoms with Crippen LogP contribution in [0, 0.1) is 22.7 Å². The highest BCUT2D eigenvalue weighted by atomic mass is 19.1. The molecule has 2 heterocycles. The molecule has 0 saturated carbocycles. The Labute approximate surface area is 142 Å². The van der Waals surface area contributed by atoms with Crippen LogP contribution in [0.15, 0.2) is 24.4 Å². The van der Waals surface area contributed by atoms with E-state index in [1.54, 1.807) is 18.2 Å². The Morgan fingerprint density at radius 2 is 2.20 bits per heavy atom. The van der Waals surface area contributed by atoms with Gasteiger partial charge in [-0.2, -0.15) is 10.5 Å². The third-order valence-electron chi connectivity index (χ3n) is 4.18. The van der Waals surface area contributed by atoms with Crippen LogP contribution in [0.5, 0.6) is 0 Å². The van der Waals surface area contributed by atoms with Crippen molar-refractivity contribution in [3.8, 4) is 12.1 Å². The zero-order valence-electron chi connectivity index (χ0n) is 13.1. The summed E-state index contributed by atoms with van der Waals surface area (Å²) < 4.78 is 13.4. The van der Waals surface area contributed by atoms with Gasteiger partial charge in [-0.25, -0.2) is 4.39 Å². The van der Waals surface area contributed by atoms with Gasteiger partial charge in [0, 0.05) is 23.5 Å². The topological polar surface area (TPSA) is 113 Å². The van der Waals surface area contributed by atoms with Gasteiger partial charge < -0.3 is 15.2 Å². The Hall–Kier alpha value is -3.39. The Morgan fingerprint density at radius 3 is 2.92 bits per heavy atom. The van der Waals surface area contributed by atoms with Crippen molar-refractivity contribution in [2.75, 3.05) is 13.1 Å². The monoisotopic (exact) mass is 339 g/mol. The van der Waals surface area contributed by atoms with E-state index in [9.17, 15) is 14.0 Å². The molecule has 0 bridgehead atoms. The highest BCUT2D eigenvalue weighted by Gasteiger charge is 2.35. The molecule has 2 amide bonds. The fourth-order valence-corrected chi connectivity index (χ4v) is 2.91. The van der Waals surface area contributed by atoms with Crippen molar-refractivity contribution in [3.63, 3.8) is 0 Å². The summed E-state index contributed by atoms with van der Waals surface area (Å²) in [6.45, 7) is -0.458. The lowest BCUT2D eigenvalue weighted by Gasteiger charge is -2.19.